The zero-order chi connectivity index (χ0) is 19.2. The number of rotatable bonds is 1. The molecule has 144 valence electrons. The van der Waals surface area contributed by atoms with Crippen molar-refractivity contribution in [2.24, 2.45) is 0 Å². The molecule has 0 saturated carbocycles. The van der Waals surface area contributed by atoms with Crippen LogP contribution in [0.2, 0.25) is 0 Å². The van der Waals surface area contributed by atoms with Gasteiger partial charge in [-0.3, -0.25) is 0 Å². The molecule has 0 N–H and O–H groups in total. The normalized spacial score (nSPS) is 19.9. The summed E-state index contributed by atoms with van der Waals surface area (Å²) >= 11 is 3.74. The molecule has 3 nitrogen and oxygen atoms in total. The summed E-state index contributed by atoms with van der Waals surface area (Å²) in [7, 11) is 4.59. The van der Waals surface area contributed by atoms with Gasteiger partial charge in [-0.05, 0) is 0 Å². The van der Waals surface area contributed by atoms with Crippen molar-refractivity contribution in [2.45, 2.75) is 39.5 Å². The molecule has 1 saturated heterocycles. The van der Waals surface area contributed by atoms with E-state index in [0.29, 0.717) is 0 Å². The first-order valence-electron chi connectivity index (χ1n) is 9.99. The summed E-state index contributed by atoms with van der Waals surface area (Å²) in [5.74, 6) is -1.82. The summed E-state index contributed by atoms with van der Waals surface area (Å²) in [6, 6.07) is 13.5. The number of hydrogen-bond donors (Lipinski definition) is 0. The van der Waals surface area contributed by atoms with Crippen LogP contribution in [0, 0.1) is 13.8 Å². The number of nitrogens with zero attached hydrogens (tertiary/aromatic N) is 3. The summed E-state index contributed by atoms with van der Waals surface area (Å²) < 4.78 is 7.89. The van der Waals surface area contributed by atoms with E-state index in [9.17, 15) is 0 Å². The van der Waals surface area contributed by atoms with Crippen LogP contribution >= 0.6 is 5.96 Å². The molecule has 2 aromatic carbocycles. The molecule has 0 spiro atoms. The van der Waals surface area contributed by atoms with Crippen LogP contribution in [-0.2, 0) is 0 Å². The van der Waals surface area contributed by atoms with Gasteiger partial charge in [0.15, 0.2) is 0 Å². The molecule has 0 radical (unpaired) electrons. The van der Waals surface area contributed by atoms with Crippen molar-refractivity contribution in [2.75, 3.05) is 36.5 Å². The molecule has 4 rings (SSSR count). The molecule has 5 heteroatoms. The molecule has 1 fully saturated rings. The minimum atomic E-state index is -1.82. The average Bonchev–Trinajstić information content (AvgIpc) is 2.98. The Bertz CT molecular complexity index is 841. The first-order chi connectivity index (χ1) is 13.0. The van der Waals surface area contributed by atoms with E-state index in [-0.39, 0.29) is 0 Å². The van der Waals surface area contributed by atoms with E-state index < -0.39 is 5.96 Å². The first kappa shape index (κ1) is 19.3. The second-order valence-corrected chi connectivity index (χ2v) is 13.7. The van der Waals surface area contributed by atoms with E-state index in [4.69, 9.17) is 0 Å². The second-order valence-electron chi connectivity index (χ2n) is 7.87. The van der Waals surface area contributed by atoms with Gasteiger partial charge in [0, 0.05) is 0 Å². The van der Waals surface area contributed by atoms with Crippen LogP contribution in [0.1, 0.15) is 36.8 Å². The molecule has 0 aromatic heterocycles. The summed E-state index contributed by atoms with van der Waals surface area (Å²) in [5.41, 5.74) is 8.21. The number of aryl methyl sites for hydroxylation is 2. The van der Waals surface area contributed by atoms with Gasteiger partial charge in [-0.25, -0.2) is 0 Å². The van der Waals surface area contributed by atoms with Crippen LogP contribution in [-0.4, -0.2) is 47.0 Å². The molecule has 27 heavy (non-hydrogen) atoms. The summed E-state index contributed by atoms with van der Waals surface area (Å²) in [6.45, 7) is 6.86. The Morgan fingerprint density at radius 1 is 0.741 bits per heavy atom. The summed E-state index contributed by atoms with van der Waals surface area (Å²) in [4.78, 5) is 0. The van der Waals surface area contributed by atoms with Gasteiger partial charge in [-0.2, -0.15) is 0 Å². The van der Waals surface area contributed by atoms with Crippen LogP contribution in [0.4, 0.5) is 11.4 Å². The van der Waals surface area contributed by atoms with Crippen molar-refractivity contribution in [1.29, 1.82) is 0 Å². The Hall–Kier alpha value is -1.05. The molecule has 0 aliphatic carbocycles. The maximum atomic E-state index is 3.74. The number of anilines is 2. The maximum absolute atomic E-state index is 3.74. The van der Waals surface area contributed by atoms with Crippen LogP contribution in [0.5, 0.6) is 0 Å². The Labute approximate surface area is 171 Å². The fourth-order valence-electron chi connectivity index (χ4n) is 4.67. The summed E-state index contributed by atoms with van der Waals surface area (Å²) in [6.07, 6.45) is 5.31. The monoisotopic (exact) mass is 447 g/mol. The predicted octanol–water partition coefficient (Wildman–Crippen LogP) is 5.58. The van der Waals surface area contributed by atoms with Crippen LogP contribution in [0.15, 0.2) is 36.4 Å². The van der Waals surface area contributed by atoms with Crippen LogP contribution in [0.25, 0.3) is 11.1 Å². The summed E-state index contributed by atoms with van der Waals surface area (Å²) in [5, 5.41) is 0. The van der Waals surface area contributed by atoms with E-state index in [0.717, 1.165) is 0 Å². The minimum absolute atomic E-state index is 1.18. The van der Waals surface area contributed by atoms with Crippen LogP contribution < -0.4 is 9.34 Å². The van der Waals surface area contributed by atoms with E-state index in [2.05, 4.69) is 93.5 Å². The fraction of sp³-hybridized carbons (Fsp3) is 0.455. The molecule has 0 bridgehead atoms. The quantitative estimate of drug-likeness (QED) is 0.418. The van der Waals surface area contributed by atoms with Gasteiger partial charge < -0.3 is 0 Å². The standard InChI is InChI=1S/C22H30N3PSe/c1-17-11-9-13-19-21(17)22-18(2)12-10-14-20(22)24(4)26(27,23(19)3)25-15-7-5-6-8-16-25/h9-14H,5-8,15-16H2,1-4H3. The Balaban J connectivity index is 2.00. The van der Waals surface area contributed by atoms with Gasteiger partial charge in [0.2, 0.25) is 0 Å². The predicted molar refractivity (Wildman–Crippen MR) is 121 cm³/mol. The first-order valence-corrected chi connectivity index (χ1v) is 13.9. The molecule has 2 aromatic rings. The van der Waals surface area contributed by atoms with Crippen molar-refractivity contribution >= 4 is 32.4 Å². The Morgan fingerprint density at radius 2 is 1.19 bits per heavy atom. The van der Waals surface area contributed by atoms with E-state index in [1.54, 1.807) is 0 Å². The van der Waals surface area contributed by atoms with Crippen molar-refractivity contribution in [1.82, 2.24) is 4.67 Å². The molecule has 2 aliphatic rings. The molecular formula is C22H30N3PSe. The third kappa shape index (κ3) is 3.02. The van der Waals surface area contributed by atoms with Gasteiger partial charge in [-0.1, -0.05) is 0 Å². The van der Waals surface area contributed by atoms with Gasteiger partial charge in [0.05, 0.1) is 0 Å². The van der Waals surface area contributed by atoms with Gasteiger partial charge in [0.25, 0.3) is 0 Å². The number of benzene rings is 2. The second kappa shape index (κ2) is 7.41. The fourth-order valence-corrected chi connectivity index (χ4v) is 9.67. The molecule has 0 atom stereocenters. The number of hydrogen-bond acceptors (Lipinski definition) is 3. The third-order valence-corrected chi connectivity index (χ3v) is 13.8. The van der Waals surface area contributed by atoms with Crippen molar-refractivity contribution < 1.29 is 0 Å². The molecule has 2 aliphatic heterocycles. The topological polar surface area (TPSA) is 9.72 Å². The average molecular weight is 446 g/mol. The van der Waals surface area contributed by atoms with Gasteiger partial charge in [0.1, 0.15) is 0 Å². The SMILES string of the molecule is Cc1cccc2c1-c1c(C)cccc1N(C)P(=[Se])(N1CCCCCC1)N2C. The zero-order valence-corrected chi connectivity index (χ0v) is 19.5. The zero-order valence-electron chi connectivity index (χ0n) is 16.9. The van der Waals surface area contributed by atoms with E-state index in [1.807, 2.05) is 0 Å². The van der Waals surface area contributed by atoms with E-state index >= 15 is 0 Å². The van der Waals surface area contributed by atoms with Crippen molar-refractivity contribution in [3.63, 3.8) is 0 Å². The van der Waals surface area contributed by atoms with Crippen molar-refractivity contribution in [3.8, 4) is 11.1 Å². The van der Waals surface area contributed by atoms with E-state index in [1.165, 1.54) is 72.4 Å². The molecule has 0 unspecified atom stereocenters. The third-order valence-electron chi connectivity index (χ3n) is 6.18. The Kier molecular flexibility index (Phi) is 5.29. The van der Waals surface area contributed by atoms with Crippen molar-refractivity contribution in [3.05, 3.63) is 47.5 Å². The molecule has 2 heterocycles. The molecule has 0 amide bonds. The van der Waals surface area contributed by atoms with Gasteiger partial charge >= 0.3 is 172 Å². The van der Waals surface area contributed by atoms with Gasteiger partial charge in [-0.15, -0.1) is 0 Å². The molecular weight excluding hydrogens is 416 g/mol. The Morgan fingerprint density at radius 3 is 1.63 bits per heavy atom. The van der Waals surface area contributed by atoms with Crippen LogP contribution in [0.3, 0.4) is 0 Å². The number of fused-ring (bicyclic) bond motifs is 3.